The van der Waals surface area contributed by atoms with E-state index in [1.165, 1.54) is 109 Å². The zero-order valence-corrected chi connectivity index (χ0v) is 48.5. The molecule has 8 unspecified atom stereocenters. The van der Waals surface area contributed by atoms with E-state index in [1.54, 1.807) is 18.1 Å². The maximum Gasteiger partial charge on any atom is 0.0947 e. The summed E-state index contributed by atoms with van der Waals surface area (Å²) in [7, 11) is 3.87. The molecule has 0 fully saturated rings. The Hall–Kier alpha value is -3.14. The van der Waals surface area contributed by atoms with Crippen molar-refractivity contribution in [2.75, 3.05) is 106 Å². The van der Waals surface area contributed by atoms with Gasteiger partial charge in [0.05, 0.1) is 108 Å². The average Bonchev–Trinajstić information content (AvgIpc) is 3.37. The van der Waals surface area contributed by atoms with Crippen LogP contribution in [0.3, 0.4) is 0 Å². The highest BCUT2D eigenvalue weighted by Gasteiger charge is 2.19. The lowest BCUT2D eigenvalue weighted by Crippen LogP contribution is -2.42. The fraction of sp³-hybridized carbons (Fsp3) is 0.806. The third-order valence-corrected chi connectivity index (χ3v) is 12.3. The molecule has 0 aromatic carbocycles. The fourth-order valence-corrected chi connectivity index (χ4v) is 8.09. The first-order chi connectivity index (χ1) is 36.3. The molecular weight excluding hydrogens is 947 g/mol. The Morgan fingerprint density at radius 1 is 0.400 bits per heavy atom. The van der Waals surface area contributed by atoms with Crippen molar-refractivity contribution in [3.8, 4) is 0 Å². The van der Waals surface area contributed by atoms with Crippen molar-refractivity contribution >= 4 is 0 Å². The Morgan fingerprint density at radius 2 is 0.747 bits per heavy atom. The summed E-state index contributed by atoms with van der Waals surface area (Å²) in [5.41, 5.74) is 25.7. The van der Waals surface area contributed by atoms with Crippen molar-refractivity contribution in [2.24, 2.45) is 0 Å². The van der Waals surface area contributed by atoms with Crippen molar-refractivity contribution in [2.45, 2.75) is 219 Å². The number of rotatable bonds is 51. The molecule has 430 valence electrons. The van der Waals surface area contributed by atoms with Gasteiger partial charge in [-0.25, -0.2) is 0 Å². The number of nitrogens with zero attached hydrogens (tertiary/aromatic N) is 3. The van der Waals surface area contributed by atoms with E-state index in [9.17, 15) is 20.4 Å². The SMILES string of the molecule is C=C=C=C=C=C=C=C=C=C=C=CN(C)CC(O)COCC(C)OCC(C)OCC(O)CN(CCCCCCCCCCCC)CC(O)COCC(C)OCC(C)OCC(O)CN(C)CCCCCCCCCCCC. The molecule has 13 nitrogen and oxygen atoms in total. The van der Waals surface area contributed by atoms with Gasteiger partial charge in [-0.1, -0.05) is 135 Å². The first kappa shape index (κ1) is 71.9. The highest BCUT2D eigenvalue weighted by atomic mass is 16.6. The summed E-state index contributed by atoms with van der Waals surface area (Å²) in [6.07, 6.45) is 23.5. The minimum atomic E-state index is -0.752. The van der Waals surface area contributed by atoms with Gasteiger partial charge in [-0.05, 0) is 119 Å². The number of unbranched alkanes of at least 4 members (excludes halogenated alkanes) is 18. The van der Waals surface area contributed by atoms with Crippen molar-refractivity contribution < 1.29 is 48.8 Å². The molecule has 0 spiro atoms. The van der Waals surface area contributed by atoms with Crippen LogP contribution in [-0.4, -0.2) is 190 Å². The van der Waals surface area contributed by atoms with Gasteiger partial charge >= 0.3 is 0 Å². The monoisotopic (exact) mass is 1050 g/mol. The number of ether oxygens (including phenoxy) is 6. The number of hydrogen-bond acceptors (Lipinski definition) is 13. The van der Waals surface area contributed by atoms with E-state index in [-0.39, 0.29) is 50.8 Å². The second-order valence-electron chi connectivity index (χ2n) is 20.5. The molecule has 0 heterocycles. The molecule has 75 heavy (non-hydrogen) atoms. The number of aliphatic hydroxyl groups is 4. The van der Waals surface area contributed by atoms with Gasteiger partial charge in [0.1, 0.15) is 0 Å². The zero-order chi connectivity index (χ0) is 55.4. The first-order valence-electron chi connectivity index (χ1n) is 28.8. The standard InChI is InChI=1S/C62H107N3O10/c1-10-13-16-19-22-25-28-31-34-37-40-63(8)43-59(66)51-70-47-55(4)73-50-58(7)75-54-62(69)46-65(42-39-36-33-30-27-24-21-18-15-12-3)45-61(68)52-71-48-56(5)72-49-57(6)74-53-60(67)44-64(9)41-38-35-32-29-26-23-20-17-14-11-2/h40,55-62,66-69H,1,11-12,14-15,17-18,20-21,23-24,26-27,29-30,32-33,35-36,38-39,41-54H2,2-9H3. The molecule has 0 aliphatic carbocycles. The van der Waals surface area contributed by atoms with Crippen LogP contribution in [0.2, 0.25) is 0 Å². The molecule has 0 aromatic heterocycles. The zero-order valence-electron chi connectivity index (χ0n) is 48.5. The van der Waals surface area contributed by atoms with Crippen LogP contribution in [0, 0.1) is 0 Å². The van der Waals surface area contributed by atoms with E-state index >= 15 is 0 Å². The largest absolute Gasteiger partial charge is 0.389 e. The van der Waals surface area contributed by atoms with Crippen molar-refractivity contribution in [3.05, 3.63) is 70.1 Å². The van der Waals surface area contributed by atoms with Gasteiger partial charge in [0.25, 0.3) is 0 Å². The van der Waals surface area contributed by atoms with Gasteiger partial charge < -0.3 is 58.6 Å². The third kappa shape index (κ3) is 51.4. The first-order valence-corrected chi connectivity index (χ1v) is 28.8. The van der Waals surface area contributed by atoms with Gasteiger partial charge in [-0.2, -0.15) is 0 Å². The average molecular weight is 1050 g/mol. The van der Waals surface area contributed by atoms with E-state index in [4.69, 9.17) is 28.4 Å². The molecule has 0 amide bonds. The number of hydrogen-bond donors (Lipinski definition) is 4. The summed E-state index contributed by atoms with van der Waals surface area (Å²) < 4.78 is 35.4. The molecule has 0 saturated carbocycles. The topological polar surface area (TPSA) is 146 Å². The minimum absolute atomic E-state index is 0.132. The molecule has 0 bridgehead atoms. The number of likely N-dealkylation sites (N-methyl/N-ethyl adjacent to an activating group) is 2. The predicted octanol–water partition coefficient (Wildman–Crippen LogP) is 9.79. The summed E-state index contributed by atoms with van der Waals surface area (Å²) in [5.74, 6) is 0. The smallest absolute Gasteiger partial charge is 0.0947 e. The summed E-state index contributed by atoms with van der Waals surface area (Å²) in [4.78, 5) is 6.06. The van der Waals surface area contributed by atoms with E-state index < -0.39 is 24.4 Å². The van der Waals surface area contributed by atoms with Gasteiger partial charge in [0.2, 0.25) is 0 Å². The van der Waals surface area contributed by atoms with Gasteiger partial charge in [-0.3, -0.25) is 4.90 Å². The molecule has 13 heteroatoms. The minimum Gasteiger partial charge on any atom is -0.389 e. The molecule has 0 rings (SSSR count). The van der Waals surface area contributed by atoms with Crippen molar-refractivity contribution in [3.63, 3.8) is 0 Å². The highest BCUT2D eigenvalue weighted by molar-refractivity contribution is 4.91. The highest BCUT2D eigenvalue weighted by Crippen LogP contribution is 2.13. The van der Waals surface area contributed by atoms with E-state index in [0.29, 0.717) is 52.6 Å². The second kappa shape index (κ2) is 52.9. The van der Waals surface area contributed by atoms with Crippen LogP contribution >= 0.6 is 0 Å². The fourth-order valence-electron chi connectivity index (χ4n) is 8.09. The Kier molecular flexibility index (Phi) is 50.7. The van der Waals surface area contributed by atoms with Crippen LogP contribution in [0.4, 0.5) is 0 Å². The maximum atomic E-state index is 11.1. The Balaban J connectivity index is 4.72. The van der Waals surface area contributed by atoms with Gasteiger partial charge in [0, 0.05) is 33.2 Å². The maximum absolute atomic E-state index is 11.1. The van der Waals surface area contributed by atoms with Crippen LogP contribution in [0.5, 0.6) is 0 Å². The van der Waals surface area contributed by atoms with Crippen LogP contribution in [0.15, 0.2) is 70.1 Å². The molecule has 0 aliphatic heterocycles. The number of aliphatic hydroxyl groups excluding tert-OH is 4. The van der Waals surface area contributed by atoms with Crippen LogP contribution in [0.25, 0.3) is 0 Å². The quantitative estimate of drug-likeness (QED) is 0.0339. The van der Waals surface area contributed by atoms with Gasteiger partial charge in [-0.15, -0.1) is 0 Å². The lowest BCUT2D eigenvalue weighted by molar-refractivity contribution is -0.0852. The van der Waals surface area contributed by atoms with E-state index in [2.05, 4.69) is 94.6 Å². The lowest BCUT2D eigenvalue weighted by atomic mass is 10.1. The third-order valence-electron chi connectivity index (χ3n) is 12.3. The Bertz CT molecular complexity index is 1740. The Morgan fingerprint density at radius 3 is 1.20 bits per heavy atom. The normalized spacial score (nSPS) is 14.3. The summed E-state index contributed by atoms with van der Waals surface area (Å²) in [5, 5.41) is 43.1. The summed E-state index contributed by atoms with van der Waals surface area (Å²) in [6.45, 7) is 21.0. The molecular formula is C62H107N3O10. The predicted molar refractivity (Wildman–Crippen MR) is 303 cm³/mol. The van der Waals surface area contributed by atoms with E-state index in [0.717, 1.165) is 32.4 Å². The molecule has 8 atom stereocenters. The van der Waals surface area contributed by atoms with Crippen LogP contribution in [0.1, 0.15) is 170 Å². The lowest BCUT2D eigenvalue weighted by Gasteiger charge is -2.28. The summed E-state index contributed by atoms with van der Waals surface area (Å²) in [6, 6.07) is 0. The summed E-state index contributed by atoms with van der Waals surface area (Å²) >= 11 is 0. The Labute approximate surface area is 457 Å². The van der Waals surface area contributed by atoms with E-state index in [1.807, 2.05) is 27.7 Å². The molecule has 0 aliphatic rings. The van der Waals surface area contributed by atoms with Crippen LogP contribution in [-0.2, 0) is 28.4 Å². The van der Waals surface area contributed by atoms with Crippen LogP contribution < -0.4 is 0 Å². The van der Waals surface area contributed by atoms with Crippen molar-refractivity contribution in [1.82, 2.24) is 14.7 Å². The second-order valence-corrected chi connectivity index (χ2v) is 20.5. The van der Waals surface area contributed by atoms with Gasteiger partial charge in [0.15, 0.2) is 0 Å². The molecule has 0 saturated heterocycles. The molecule has 4 N–H and O–H groups in total. The molecule has 0 aromatic rings. The van der Waals surface area contributed by atoms with Crippen molar-refractivity contribution in [1.29, 1.82) is 0 Å². The molecule has 0 radical (unpaired) electrons.